The first-order valence-electron chi connectivity index (χ1n) is 6.82. The largest absolute Gasteiger partial charge is 0.390 e. The van der Waals surface area contributed by atoms with Crippen LogP contribution in [0, 0.1) is 29.1 Å². The Morgan fingerprint density at radius 1 is 1.39 bits per heavy atom. The Labute approximate surface area is 109 Å². The summed E-state index contributed by atoms with van der Waals surface area (Å²) < 4.78 is 0. The normalized spacial score (nSPS) is 29.6. The standard InChI is InChI=1S/C14H22N2O2/c1-14(2,18)12-8-16(9-12)13(17)11-5-3-4-10(6-11)7-15/h10-12,18H,3-6,8-9H2,1-2H3. The third kappa shape index (κ3) is 2.67. The quantitative estimate of drug-likeness (QED) is 0.808. The van der Waals surface area contributed by atoms with Crippen molar-refractivity contribution in [2.75, 3.05) is 13.1 Å². The maximum Gasteiger partial charge on any atom is 0.225 e. The van der Waals surface area contributed by atoms with Crippen molar-refractivity contribution in [1.82, 2.24) is 4.90 Å². The molecule has 2 fully saturated rings. The summed E-state index contributed by atoms with van der Waals surface area (Å²) in [5.41, 5.74) is -0.696. The van der Waals surface area contributed by atoms with E-state index in [0.29, 0.717) is 13.1 Å². The molecule has 4 heteroatoms. The summed E-state index contributed by atoms with van der Waals surface area (Å²) in [6.07, 6.45) is 3.56. The Morgan fingerprint density at radius 3 is 2.61 bits per heavy atom. The summed E-state index contributed by atoms with van der Waals surface area (Å²) >= 11 is 0. The van der Waals surface area contributed by atoms with Gasteiger partial charge in [-0.15, -0.1) is 0 Å². The number of nitrogens with zero attached hydrogens (tertiary/aromatic N) is 2. The molecule has 1 heterocycles. The van der Waals surface area contributed by atoms with Gasteiger partial charge in [0, 0.05) is 30.8 Å². The zero-order valence-corrected chi connectivity index (χ0v) is 11.2. The molecule has 2 rings (SSSR count). The van der Waals surface area contributed by atoms with Crippen LogP contribution >= 0.6 is 0 Å². The van der Waals surface area contributed by atoms with Crippen molar-refractivity contribution in [3.63, 3.8) is 0 Å². The molecule has 0 aromatic carbocycles. The lowest BCUT2D eigenvalue weighted by molar-refractivity contribution is -0.150. The molecular formula is C14H22N2O2. The van der Waals surface area contributed by atoms with E-state index in [1.807, 2.05) is 4.90 Å². The molecule has 0 aromatic heterocycles. The molecule has 100 valence electrons. The van der Waals surface area contributed by atoms with Gasteiger partial charge in [0.05, 0.1) is 11.7 Å². The Morgan fingerprint density at radius 2 is 2.06 bits per heavy atom. The van der Waals surface area contributed by atoms with Crippen LogP contribution in [0.4, 0.5) is 0 Å². The zero-order valence-electron chi connectivity index (χ0n) is 11.2. The molecule has 18 heavy (non-hydrogen) atoms. The molecule has 2 unspecified atom stereocenters. The molecule has 2 aliphatic rings. The lowest BCUT2D eigenvalue weighted by Crippen LogP contribution is -2.59. The molecule has 1 saturated heterocycles. The van der Waals surface area contributed by atoms with E-state index in [2.05, 4.69) is 6.07 Å². The number of likely N-dealkylation sites (tertiary alicyclic amines) is 1. The maximum atomic E-state index is 12.2. The van der Waals surface area contributed by atoms with Crippen LogP contribution in [0.3, 0.4) is 0 Å². The van der Waals surface area contributed by atoms with Gasteiger partial charge in [-0.2, -0.15) is 5.26 Å². The Balaban J connectivity index is 1.85. The number of carbonyl (C=O) groups excluding carboxylic acids is 1. The SMILES string of the molecule is CC(C)(O)C1CN(C(=O)C2CCCC(C#N)C2)C1. The highest BCUT2D eigenvalue weighted by atomic mass is 16.3. The van der Waals surface area contributed by atoms with E-state index in [1.54, 1.807) is 13.8 Å². The predicted molar refractivity (Wildman–Crippen MR) is 67.4 cm³/mol. The second-order valence-corrected chi connectivity index (χ2v) is 6.28. The van der Waals surface area contributed by atoms with E-state index in [9.17, 15) is 9.90 Å². The van der Waals surface area contributed by atoms with Gasteiger partial charge < -0.3 is 10.0 Å². The third-order valence-corrected chi connectivity index (χ3v) is 4.40. The molecular weight excluding hydrogens is 228 g/mol. The second-order valence-electron chi connectivity index (χ2n) is 6.28. The van der Waals surface area contributed by atoms with Crippen molar-refractivity contribution in [3.8, 4) is 6.07 Å². The smallest absolute Gasteiger partial charge is 0.225 e. The fraction of sp³-hybridized carbons (Fsp3) is 0.857. The molecule has 1 aliphatic carbocycles. The van der Waals surface area contributed by atoms with E-state index in [4.69, 9.17) is 5.26 Å². The lowest BCUT2D eigenvalue weighted by Gasteiger charge is -2.46. The topological polar surface area (TPSA) is 64.3 Å². The predicted octanol–water partition coefficient (Wildman–Crippen LogP) is 1.55. The van der Waals surface area contributed by atoms with Crippen molar-refractivity contribution in [1.29, 1.82) is 5.26 Å². The van der Waals surface area contributed by atoms with Crippen LogP contribution in [0.25, 0.3) is 0 Å². The van der Waals surface area contributed by atoms with Gasteiger partial charge >= 0.3 is 0 Å². The molecule has 0 spiro atoms. The first kappa shape index (κ1) is 13.4. The first-order valence-corrected chi connectivity index (χ1v) is 6.82. The number of aliphatic hydroxyl groups is 1. The van der Waals surface area contributed by atoms with Gasteiger partial charge in [0.25, 0.3) is 0 Å². The van der Waals surface area contributed by atoms with E-state index < -0.39 is 5.60 Å². The minimum Gasteiger partial charge on any atom is -0.390 e. The van der Waals surface area contributed by atoms with Gasteiger partial charge in [0.15, 0.2) is 0 Å². The van der Waals surface area contributed by atoms with Crippen LogP contribution in [0.15, 0.2) is 0 Å². The molecule has 0 bridgehead atoms. The summed E-state index contributed by atoms with van der Waals surface area (Å²) in [4.78, 5) is 14.1. The zero-order chi connectivity index (χ0) is 13.3. The average Bonchev–Trinajstić information content (AvgIpc) is 2.25. The van der Waals surface area contributed by atoms with Gasteiger partial charge in [-0.25, -0.2) is 0 Å². The van der Waals surface area contributed by atoms with Crippen molar-refractivity contribution >= 4 is 5.91 Å². The molecule has 1 aliphatic heterocycles. The molecule has 1 amide bonds. The van der Waals surface area contributed by atoms with Gasteiger partial charge in [-0.05, 0) is 33.1 Å². The summed E-state index contributed by atoms with van der Waals surface area (Å²) in [6.45, 7) is 4.92. The highest BCUT2D eigenvalue weighted by Crippen LogP contribution is 2.33. The Kier molecular flexibility index (Phi) is 3.63. The van der Waals surface area contributed by atoms with E-state index in [-0.39, 0.29) is 23.7 Å². The second kappa shape index (κ2) is 4.89. The van der Waals surface area contributed by atoms with Gasteiger partial charge in [0.1, 0.15) is 0 Å². The molecule has 0 radical (unpaired) electrons. The van der Waals surface area contributed by atoms with Crippen LogP contribution in [0.1, 0.15) is 39.5 Å². The summed E-state index contributed by atoms with van der Waals surface area (Å²) in [5.74, 6) is 0.470. The molecule has 0 aromatic rings. The highest BCUT2D eigenvalue weighted by Gasteiger charge is 2.42. The minimum atomic E-state index is -0.696. The Bertz CT molecular complexity index is 361. The average molecular weight is 250 g/mol. The first-order chi connectivity index (χ1) is 8.41. The molecule has 1 saturated carbocycles. The van der Waals surface area contributed by atoms with Crippen LogP contribution in [-0.4, -0.2) is 34.6 Å². The van der Waals surface area contributed by atoms with Gasteiger partial charge in [-0.1, -0.05) is 6.42 Å². The van der Waals surface area contributed by atoms with Crippen LogP contribution < -0.4 is 0 Å². The maximum absolute atomic E-state index is 12.2. The molecule has 2 atom stereocenters. The summed E-state index contributed by atoms with van der Waals surface area (Å²) in [6, 6.07) is 2.29. The van der Waals surface area contributed by atoms with Crippen molar-refractivity contribution in [2.24, 2.45) is 17.8 Å². The van der Waals surface area contributed by atoms with E-state index in [0.717, 1.165) is 25.7 Å². The fourth-order valence-electron chi connectivity index (χ4n) is 2.89. The minimum absolute atomic E-state index is 0.0335. The number of carbonyl (C=O) groups is 1. The summed E-state index contributed by atoms with van der Waals surface area (Å²) in [5, 5.41) is 18.8. The summed E-state index contributed by atoms with van der Waals surface area (Å²) in [7, 11) is 0. The monoisotopic (exact) mass is 250 g/mol. The molecule has 1 N–H and O–H groups in total. The number of rotatable bonds is 2. The van der Waals surface area contributed by atoms with E-state index in [1.165, 1.54) is 0 Å². The van der Waals surface area contributed by atoms with Crippen LogP contribution in [0.2, 0.25) is 0 Å². The van der Waals surface area contributed by atoms with Crippen molar-refractivity contribution in [3.05, 3.63) is 0 Å². The molecule has 4 nitrogen and oxygen atoms in total. The third-order valence-electron chi connectivity index (χ3n) is 4.40. The fourth-order valence-corrected chi connectivity index (χ4v) is 2.89. The van der Waals surface area contributed by atoms with Crippen molar-refractivity contribution in [2.45, 2.75) is 45.1 Å². The number of nitriles is 1. The lowest BCUT2D eigenvalue weighted by atomic mass is 9.79. The number of hydrogen-bond donors (Lipinski definition) is 1. The van der Waals surface area contributed by atoms with Crippen molar-refractivity contribution < 1.29 is 9.90 Å². The van der Waals surface area contributed by atoms with Gasteiger partial charge in [-0.3, -0.25) is 4.79 Å². The van der Waals surface area contributed by atoms with Crippen LogP contribution in [-0.2, 0) is 4.79 Å². The number of hydrogen-bond acceptors (Lipinski definition) is 3. The Hall–Kier alpha value is -1.08. The number of amides is 1. The highest BCUT2D eigenvalue weighted by molar-refractivity contribution is 5.79. The van der Waals surface area contributed by atoms with E-state index >= 15 is 0 Å². The van der Waals surface area contributed by atoms with Gasteiger partial charge in [0.2, 0.25) is 5.91 Å². The van der Waals surface area contributed by atoms with Crippen LogP contribution in [0.5, 0.6) is 0 Å².